The number of rotatable bonds is 6. The van der Waals surface area contributed by atoms with Crippen LogP contribution >= 0.6 is 0 Å². The molecule has 1 aromatic carbocycles. The lowest BCUT2D eigenvalue weighted by atomic mass is 10.2. The van der Waals surface area contributed by atoms with Gasteiger partial charge in [-0.1, -0.05) is 0 Å². The fourth-order valence-electron chi connectivity index (χ4n) is 2.06. The summed E-state index contributed by atoms with van der Waals surface area (Å²) in [6, 6.07) is 3.54. The van der Waals surface area contributed by atoms with Crippen LogP contribution < -0.4 is 16.0 Å². The van der Waals surface area contributed by atoms with Gasteiger partial charge in [-0.15, -0.1) is 0 Å². The summed E-state index contributed by atoms with van der Waals surface area (Å²) in [7, 11) is -4.02. The predicted molar refractivity (Wildman–Crippen MR) is 75.1 cm³/mol. The van der Waals surface area contributed by atoms with E-state index < -0.39 is 25.5 Å². The highest BCUT2D eigenvalue weighted by Gasteiger charge is 2.27. The van der Waals surface area contributed by atoms with Crippen molar-refractivity contribution in [3.63, 3.8) is 0 Å². The van der Waals surface area contributed by atoms with Crippen molar-refractivity contribution in [3.8, 4) is 0 Å². The molecule has 10 heteroatoms. The molecule has 0 spiro atoms. The molecule has 1 heterocycles. The summed E-state index contributed by atoms with van der Waals surface area (Å²) < 4.78 is 32.1. The second-order valence-electron chi connectivity index (χ2n) is 4.57. The molecule has 1 unspecified atom stereocenters. The highest BCUT2D eigenvalue weighted by atomic mass is 32.2. The lowest BCUT2D eigenvalue weighted by Gasteiger charge is -2.12. The zero-order valence-corrected chi connectivity index (χ0v) is 11.9. The fourth-order valence-corrected chi connectivity index (χ4v) is 3.32. The van der Waals surface area contributed by atoms with Crippen molar-refractivity contribution in [3.05, 3.63) is 28.3 Å². The molecule has 1 atom stereocenters. The van der Waals surface area contributed by atoms with E-state index in [-0.39, 0.29) is 18.3 Å². The molecule has 1 aromatic rings. The number of benzene rings is 1. The number of ether oxygens (including phenoxy) is 1. The Morgan fingerprint density at radius 3 is 2.81 bits per heavy atom. The summed E-state index contributed by atoms with van der Waals surface area (Å²) in [5.74, 6) is 5.21. The van der Waals surface area contributed by atoms with Crippen LogP contribution in [-0.4, -0.2) is 32.6 Å². The number of sulfonamides is 1. The highest BCUT2D eigenvalue weighted by molar-refractivity contribution is 7.89. The first-order valence-electron chi connectivity index (χ1n) is 6.30. The Balaban J connectivity index is 2.26. The number of anilines is 1. The monoisotopic (exact) mass is 316 g/mol. The molecule has 0 saturated carbocycles. The molecule has 21 heavy (non-hydrogen) atoms. The molecule has 0 bridgehead atoms. The van der Waals surface area contributed by atoms with Crippen molar-refractivity contribution in [2.45, 2.75) is 23.8 Å². The van der Waals surface area contributed by atoms with Gasteiger partial charge in [0.2, 0.25) is 10.0 Å². The van der Waals surface area contributed by atoms with Crippen molar-refractivity contribution < 1.29 is 18.1 Å². The summed E-state index contributed by atoms with van der Waals surface area (Å²) in [5.41, 5.74) is 2.02. The molecule has 0 radical (unpaired) electrons. The predicted octanol–water partition coefficient (Wildman–Crippen LogP) is 0.338. The average Bonchev–Trinajstić information content (AvgIpc) is 2.98. The van der Waals surface area contributed by atoms with Crippen LogP contribution in [0.25, 0.3) is 0 Å². The second kappa shape index (κ2) is 6.35. The minimum atomic E-state index is -4.02. The molecular formula is C11H16N4O5S. The largest absolute Gasteiger partial charge is 0.377 e. The lowest BCUT2D eigenvalue weighted by Crippen LogP contribution is -2.32. The first-order valence-corrected chi connectivity index (χ1v) is 7.78. The zero-order valence-electron chi connectivity index (χ0n) is 11.1. The average molecular weight is 316 g/mol. The van der Waals surface area contributed by atoms with Gasteiger partial charge in [-0.05, 0) is 25.0 Å². The van der Waals surface area contributed by atoms with Gasteiger partial charge in [-0.25, -0.2) is 13.1 Å². The summed E-state index contributed by atoms with van der Waals surface area (Å²) in [5, 5.41) is 11.0. The van der Waals surface area contributed by atoms with Crippen LogP contribution in [0.3, 0.4) is 0 Å². The molecular weight excluding hydrogens is 300 g/mol. The van der Waals surface area contributed by atoms with Crippen molar-refractivity contribution >= 4 is 21.4 Å². The smallest absolute Gasteiger partial charge is 0.289 e. The lowest BCUT2D eigenvalue weighted by molar-refractivity contribution is -0.387. The third-order valence-corrected chi connectivity index (χ3v) is 4.59. The van der Waals surface area contributed by atoms with Crippen LogP contribution in [-0.2, 0) is 14.8 Å². The van der Waals surface area contributed by atoms with Gasteiger partial charge in [0.05, 0.1) is 16.7 Å². The summed E-state index contributed by atoms with van der Waals surface area (Å²) >= 11 is 0. The molecule has 1 saturated heterocycles. The Kier molecular flexibility index (Phi) is 4.73. The SMILES string of the molecule is NNc1ccc([N+](=O)[O-])c(S(=O)(=O)NCC2CCCO2)c1. The van der Waals surface area contributed by atoms with E-state index in [1.165, 1.54) is 6.07 Å². The third-order valence-electron chi connectivity index (χ3n) is 3.14. The van der Waals surface area contributed by atoms with Gasteiger partial charge in [-0.3, -0.25) is 16.0 Å². The van der Waals surface area contributed by atoms with E-state index in [1.807, 2.05) is 0 Å². The van der Waals surface area contributed by atoms with Crippen LogP contribution in [0.4, 0.5) is 11.4 Å². The summed E-state index contributed by atoms with van der Waals surface area (Å²) in [6.45, 7) is 0.679. The van der Waals surface area contributed by atoms with Crippen LogP contribution in [0.5, 0.6) is 0 Å². The van der Waals surface area contributed by atoms with E-state index in [1.54, 1.807) is 0 Å². The molecule has 1 aliphatic heterocycles. The number of nitrogens with two attached hydrogens (primary N) is 1. The molecule has 4 N–H and O–H groups in total. The van der Waals surface area contributed by atoms with E-state index in [2.05, 4.69) is 10.1 Å². The van der Waals surface area contributed by atoms with Crippen molar-refractivity contribution in [2.75, 3.05) is 18.6 Å². The molecule has 1 fully saturated rings. The molecule has 0 amide bonds. The molecule has 0 aliphatic carbocycles. The number of nitro groups is 1. The van der Waals surface area contributed by atoms with E-state index in [0.717, 1.165) is 25.0 Å². The van der Waals surface area contributed by atoms with E-state index in [9.17, 15) is 18.5 Å². The number of hydrogen-bond donors (Lipinski definition) is 3. The Hall–Kier alpha value is -1.75. The Labute approximate surface area is 121 Å². The zero-order chi connectivity index (χ0) is 15.5. The number of hydrogen-bond acceptors (Lipinski definition) is 7. The maximum Gasteiger partial charge on any atom is 0.289 e. The maximum absolute atomic E-state index is 12.2. The normalized spacial score (nSPS) is 18.6. The Morgan fingerprint density at radius 2 is 2.24 bits per heavy atom. The Bertz CT molecular complexity index is 628. The van der Waals surface area contributed by atoms with Gasteiger partial charge in [0.25, 0.3) is 5.69 Å². The minimum absolute atomic E-state index is 0.0831. The quantitative estimate of drug-likeness (QED) is 0.391. The van der Waals surface area contributed by atoms with Gasteiger partial charge in [0, 0.05) is 19.2 Å². The van der Waals surface area contributed by atoms with E-state index in [4.69, 9.17) is 10.6 Å². The van der Waals surface area contributed by atoms with Crippen molar-refractivity contribution in [2.24, 2.45) is 5.84 Å². The second-order valence-corrected chi connectivity index (χ2v) is 6.31. The number of nitrogens with one attached hydrogen (secondary N) is 2. The highest BCUT2D eigenvalue weighted by Crippen LogP contribution is 2.26. The molecule has 9 nitrogen and oxygen atoms in total. The van der Waals surface area contributed by atoms with E-state index in [0.29, 0.717) is 6.61 Å². The fraction of sp³-hybridized carbons (Fsp3) is 0.455. The topological polar surface area (TPSA) is 137 Å². The number of nitrogen functional groups attached to an aromatic ring is 1. The van der Waals surface area contributed by atoms with Gasteiger partial charge in [-0.2, -0.15) is 0 Å². The summed E-state index contributed by atoms with van der Waals surface area (Å²) in [6.07, 6.45) is 1.43. The van der Waals surface area contributed by atoms with Crippen molar-refractivity contribution in [1.82, 2.24) is 4.72 Å². The van der Waals surface area contributed by atoms with Gasteiger partial charge < -0.3 is 10.2 Å². The molecule has 0 aromatic heterocycles. The molecule has 116 valence electrons. The number of nitro benzene ring substituents is 1. The minimum Gasteiger partial charge on any atom is -0.377 e. The summed E-state index contributed by atoms with van der Waals surface area (Å²) in [4.78, 5) is 9.79. The van der Waals surface area contributed by atoms with Crippen LogP contribution in [0.15, 0.2) is 23.1 Å². The molecule has 1 aliphatic rings. The van der Waals surface area contributed by atoms with Crippen LogP contribution in [0, 0.1) is 10.1 Å². The van der Waals surface area contributed by atoms with E-state index >= 15 is 0 Å². The van der Waals surface area contributed by atoms with Crippen LogP contribution in [0.1, 0.15) is 12.8 Å². The molecule has 2 rings (SSSR count). The Morgan fingerprint density at radius 1 is 1.48 bits per heavy atom. The van der Waals surface area contributed by atoms with Gasteiger partial charge >= 0.3 is 0 Å². The van der Waals surface area contributed by atoms with Gasteiger partial charge in [0.15, 0.2) is 4.90 Å². The maximum atomic E-state index is 12.2. The standard InChI is InChI=1S/C11H16N4O5S/c12-14-8-3-4-10(15(16)17)11(6-8)21(18,19)13-7-9-2-1-5-20-9/h3-4,6,9,13-14H,1-2,5,7,12H2. The first kappa shape index (κ1) is 15.6. The number of hydrazine groups is 1. The van der Waals surface area contributed by atoms with Crippen molar-refractivity contribution in [1.29, 1.82) is 0 Å². The number of nitrogens with zero attached hydrogens (tertiary/aromatic N) is 1. The van der Waals surface area contributed by atoms with Crippen LogP contribution in [0.2, 0.25) is 0 Å². The third kappa shape index (κ3) is 3.67. The van der Waals surface area contributed by atoms with Gasteiger partial charge in [0.1, 0.15) is 0 Å². The first-order chi connectivity index (χ1) is 9.94.